The highest BCUT2D eigenvalue weighted by atomic mass is 16.5. The summed E-state index contributed by atoms with van der Waals surface area (Å²) in [5, 5.41) is 24.5. The van der Waals surface area contributed by atoms with E-state index in [9.17, 15) is 15.0 Å². The van der Waals surface area contributed by atoms with E-state index in [-0.39, 0.29) is 29.6 Å². The van der Waals surface area contributed by atoms with Crippen LogP contribution in [-0.4, -0.2) is 48.5 Å². The summed E-state index contributed by atoms with van der Waals surface area (Å²) in [6.45, 7) is 1.34. The second-order valence-corrected chi connectivity index (χ2v) is 4.22. The number of benzene rings is 1. The van der Waals surface area contributed by atoms with Crippen molar-refractivity contribution in [1.82, 2.24) is 10.6 Å². The maximum atomic E-state index is 11.9. The van der Waals surface area contributed by atoms with Gasteiger partial charge in [-0.15, -0.1) is 0 Å². The van der Waals surface area contributed by atoms with Gasteiger partial charge in [0.15, 0.2) is 11.5 Å². The van der Waals surface area contributed by atoms with E-state index in [1.54, 1.807) is 7.11 Å². The lowest BCUT2D eigenvalue weighted by Gasteiger charge is -2.18. The minimum atomic E-state index is -0.310. The highest BCUT2D eigenvalue weighted by Crippen LogP contribution is 2.24. The van der Waals surface area contributed by atoms with Gasteiger partial charge in [-0.3, -0.25) is 4.79 Å². The molecule has 1 aliphatic rings. The minimum Gasteiger partial charge on any atom is -0.504 e. The number of ether oxygens (including phenoxy) is 1. The molecule has 1 fully saturated rings. The number of phenols is 2. The number of hydrogen-bond acceptors (Lipinski definition) is 5. The third-order valence-corrected chi connectivity index (χ3v) is 3.02. The van der Waals surface area contributed by atoms with Gasteiger partial charge in [0.25, 0.3) is 5.91 Å². The zero-order valence-electron chi connectivity index (χ0n) is 10.0. The lowest BCUT2D eigenvalue weighted by atomic mass is 10.1. The Labute approximate surface area is 105 Å². The van der Waals surface area contributed by atoms with Crippen molar-refractivity contribution in [3.63, 3.8) is 0 Å². The van der Waals surface area contributed by atoms with E-state index in [4.69, 9.17) is 4.74 Å². The molecule has 2 rings (SSSR count). The summed E-state index contributed by atoms with van der Waals surface area (Å²) in [6.07, 6.45) is -0.0559. The summed E-state index contributed by atoms with van der Waals surface area (Å²) < 4.78 is 5.24. The Kier molecular flexibility index (Phi) is 3.69. The largest absolute Gasteiger partial charge is 0.504 e. The first-order valence-electron chi connectivity index (χ1n) is 5.68. The normalized spacial score (nSPS) is 22.9. The molecule has 0 spiro atoms. The number of methoxy groups -OCH3 is 1. The van der Waals surface area contributed by atoms with Gasteiger partial charge >= 0.3 is 0 Å². The number of aromatic hydroxyl groups is 2. The van der Waals surface area contributed by atoms with Crippen LogP contribution in [0.1, 0.15) is 10.4 Å². The topological polar surface area (TPSA) is 90.8 Å². The number of carbonyl (C=O) groups is 1. The summed E-state index contributed by atoms with van der Waals surface area (Å²) in [5.41, 5.74) is 0.298. The third kappa shape index (κ3) is 2.55. The Morgan fingerprint density at radius 1 is 1.39 bits per heavy atom. The Balaban J connectivity index is 2.05. The predicted molar refractivity (Wildman–Crippen MR) is 64.7 cm³/mol. The van der Waals surface area contributed by atoms with Crippen LogP contribution < -0.4 is 10.6 Å². The Hall–Kier alpha value is -1.79. The molecule has 2 atom stereocenters. The summed E-state index contributed by atoms with van der Waals surface area (Å²) in [5.74, 6) is -0.861. The first kappa shape index (κ1) is 12.7. The molecule has 6 heteroatoms. The maximum absolute atomic E-state index is 11.9. The van der Waals surface area contributed by atoms with Crippen LogP contribution in [0.3, 0.4) is 0 Å². The van der Waals surface area contributed by atoms with Gasteiger partial charge < -0.3 is 25.6 Å². The fourth-order valence-corrected chi connectivity index (χ4v) is 1.96. The van der Waals surface area contributed by atoms with E-state index >= 15 is 0 Å². The fraction of sp³-hybridized carbons (Fsp3) is 0.417. The molecule has 0 aliphatic carbocycles. The van der Waals surface area contributed by atoms with Crippen molar-refractivity contribution in [2.75, 3.05) is 20.2 Å². The molecule has 0 radical (unpaired) electrons. The van der Waals surface area contributed by atoms with Crippen molar-refractivity contribution in [1.29, 1.82) is 0 Å². The molecule has 1 saturated heterocycles. The van der Waals surface area contributed by atoms with Crippen molar-refractivity contribution in [2.45, 2.75) is 12.1 Å². The summed E-state index contributed by atoms with van der Waals surface area (Å²) in [4.78, 5) is 11.9. The molecule has 1 unspecified atom stereocenters. The Bertz CT molecular complexity index is 450. The molecule has 0 aromatic heterocycles. The summed E-state index contributed by atoms with van der Waals surface area (Å²) >= 11 is 0. The highest BCUT2D eigenvalue weighted by Gasteiger charge is 2.28. The molecular weight excluding hydrogens is 236 g/mol. The lowest BCUT2D eigenvalue weighted by Crippen LogP contribution is -2.43. The average molecular weight is 252 g/mol. The van der Waals surface area contributed by atoms with Crippen LogP contribution >= 0.6 is 0 Å². The maximum Gasteiger partial charge on any atom is 0.251 e. The van der Waals surface area contributed by atoms with Gasteiger partial charge in [-0.2, -0.15) is 0 Å². The fourth-order valence-electron chi connectivity index (χ4n) is 1.96. The van der Waals surface area contributed by atoms with Crippen molar-refractivity contribution in [3.8, 4) is 11.5 Å². The van der Waals surface area contributed by atoms with Crippen LogP contribution in [-0.2, 0) is 4.74 Å². The van der Waals surface area contributed by atoms with Crippen molar-refractivity contribution < 1.29 is 19.7 Å². The molecule has 18 heavy (non-hydrogen) atoms. The number of amides is 1. The number of carbonyl (C=O) groups excluding carboxylic acids is 1. The molecule has 0 bridgehead atoms. The number of phenolic OH excluding ortho intramolecular Hbond substituents is 2. The van der Waals surface area contributed by atoms with Gasteiger partial charge in [0.05, 0.1) is 12.1 Å². The quantitative estimate of drug-likeness (QED) is 0.560. The summed E-state index contributed by atoms with van der Waals surface area (Å²) in [6, 6.07) is 3.87. The number of hydrogen-bond donors (Lipinski definition) is 4. The molecule has 6 nitrogen and oxygen atoms in total. The van der Waals surface area contributed by atoms with E-state index < -0.39 is 0 Å². The average Bonchev–Trinajstić information content (AvgIpc) is 2.79. The van der Waals surface area contributed by atoms with Gasteiger partial charge in [-0.1, -0.05) is 0 Å². The number of rotatable bonds is 3. The van der Waals surface area contributed by atoms with Crippen LogP contribution in [0.25, 0.3) is 0 Å². The van der Waals surface area contributed by atoms with Crippen LogP contribution in [0, 0.1) is 0 Å². The van der Waals surface area contributed by atoms with Gasteiger partial charge in [-0.05, 0) is 18.2 Å². The zero-order valence-corrected chi connectivity index (χ0v) is 10.0. The molecule has 98 valence electrons. The van der Waals surface area contributed by atoms with E-state index in [2.05, 4.69) is 10.6 Å². The van der Waals surface area contributed by atoms with Crippen molar-refractivity contribution in [3.05, 3.63) is 23.8 Å². The molecule has 0 saturated carbocycles. The predicted octanol–water partition coefficient (Wildman–Crippen LogP) is -0.186. The molecule has 1 heterocycles. The molecule has 4 N–H and O–H groups in total. The van der Waals surface area contributed by atoms with Crippen molar-refractivity contribution in [2.24, 2.45) is 0 Å². The smallest absolute Gasteiger partial charge is 0.251 e. The molecular formula is C12H16N2O4. The second kappa shape index (κ2) is 5.24. The van der Waals surface area contributed by atoms with Gasteiger partial charge in [-0.25, -0.2) is 0 Å². The standard InChI is InChI=1S/C12H16N2O4/c1-18-11-6-13-5-8(11)14-12(17)7-2-3-9(15)10(16)4-7/h2-4,8,11,13,15-16H,5-6H2,1H3,(H,14,17)/t8?,11-/m0/s1. The SMILES string of the molecule is CO[C@H]1CNCC1NC(=O)c1ccc(O)c(O)c1. The van der Waals surface area contributed by atoms with Gasteiger partial charge in [0.1, 0.15) is 0 Å². The third-order valence-electron chi connectivity index (χ3n) is 3.02. The molecule has 1 aromatic rings. The Morgan fingerprint density at radius 2 is 2.17 bits per heavy atom. The lowest BCUT2D eigenvalue weighted by molar-refractivity contribution is 0.0779. The Morgan fingerprint density at radius 3 is 2.83 bits per heavy atom. The van der Waals surface area contributed by atoms with E-state index in [1.165, 1.54) is 18.2 Å². The van der Waals surface area contributed by atoms with E-state index in [1.807, 2.05) is 0 Å². The first-order valence-corrected chi connectivity index (χ1v) is 5.68. The van der Waals surface area contributed by atoms with Gasteiger partial charge in [0, 0.05) is 25.8 Å². The minimum absolute atomic E-state index is 0.0559. The molecule has 1 amide bonds. The van der Waals surface area contributed by atoms with Crippen LogP contribution in [0.5, 0.6) is 11.5 Å². The first-order chi connectivity index (χ1) is 8.61. The van der Waals surface area contributed by atoms with Crippen molar-refractivity contribution >= 4 is 5.91 Å². The van der Waals surface area contributed by atoms with E-state index in [0.29, 0.717) is 18.7 Å². The highest BCUT2D eigenvalue weighted by molar-refractivity contribution is 5.95. The van der Waals surface area contributed by atoms with Crippen LogP contribution in [0.15, 0.2) is 18.2 Å². The number of nitrogens with one attached hydrogen (secondary N) is 2. The van der Waals surface area contributed by atoms with E-state index in [0.717, 1.165) is 0 Å². The zero-order chi connectivity index (χ0) is 13.1. The van der Waals surface area contributed by atoms with Crippen LogP contribution in [0.4, 0.5) is 0 Å². The van der Waals surface area contributed by atoms with Crippen LogP contribution in [0.2, 0.25) is 0 Å². The van der Waals surface area contributed by atoms with Gasteiger partial charge in [0.2, 0.25) is 0 Å². The second-order valence-electron chi connectivity index (χ2n) is 4.22. The monoisotopic (exact) mass is 252 g/mol. The molecule has 1 aliphatic heterocycles. The summed E-state index contributed by atoms with van der Waals surface area (Å²) in [7, 11) is 1.60. The molecule has 1 aromatic carbocycles.